The van der Waals surface area contributed by atoms with E-state index in [0.29, 0.717) is 35.7 Å². The summed E-state index contributed by atoms with van der Waals surface area (Å²) in [6.07, 6.45) is 3.50. The zero-order valence-corrected chi connectivity index (χ0v) is 24.2. The molecule has 232 valence electrons. The van der Waals surface area contributed by atoms with Crippen LogP contribution in [0.25, 0.3) is 6.08 Å². The van der Waals surface area contributed by atoms with Crippen LogP contribution < -0.4 is 20.9 Å². The fourth-order valence-corrected chi connectivity index (χ4v) is 3.94. The zero-order chi connectivity index (χ0) is 31.8. The molecule has 3 aromatic rings. The van der Waals surface area contributed by atoms with E-state index < -0.39 is 18.0 Å². The number of esters is 2. The van der Waals surface area contributed by atoms with Gasteiger partial charge in [0, 0.05) is 30.3 Å². The number of unbranched alkanes of at least 4 members (excludes halogenated alkanes) is 4. The second-order valence-electron chi connectivity index (χ2n) is 9.76. The predicted molar refractivity (Wildman–Crippen MR) is 162 cm³/mol. The first kappa shape index (κ1) is 33.4. The van der Waals surface area contributed by atoms with Gasteiger partial charge in [0.25, 0.3) is 0 Å². The van der Waals surface area contributed by atoms with Crippen LogP contribution in [0.4, 0.5) is 20.2 Å². The Morgan fingerprint density at radius 3 is 2.11 bits per heavy atom. The minimum atomic E-state index is -3.57. The lowest BCUT2D eigenvalue weighted by Crippen LogP contribution is -2.21. The molecule has 0 heterocycles. The lowest BCUT2D eigenvalue weighted by Gasteiger charge is -2.18. The van der Waals surface area contributed by atoms with E-state index in [-0.39, 0.29) is 36.5 Å². The van der Waals surface area contributed by atoms with Crippen molar-refractivity contribution in [2.75, 3.05) is 31.3 Å². The molecule has 0 radical (unpaired) electrons. The number of nitrogen functional groups attached to an aromatic ring is 2. The van der Waals surface area contributed by atoms with Crippen molar-refractivity contribution in [1.29, 1.82) is 5.26 Å². The number of anilines is 2. The van der Waals surface area contributed by atoms with Crippen molar-refractivity contribution < 1.29 is 37.3 Å². The van der Waals surface area contributed by atoms with Crippen LogP contribution >= 0.6 is 0 Å². The largest absolute Gasteiger partial charge is 0.494 e. The van der Waals surface area contributed by atoms with Crippen molar-refractivity contribution >= 4 is 29.4 Å². The Hall–Kier alpha value is -5.11. The topological polar surface area (TPSA) is 147 Å². The van der Waals surface area contributed by atoms with Crippen LogP contribution in [0.3, 0.4) is 0 Å². The van der Waals surface area contributed by atoms with Gasteiger partial charge in [-0.1, -0.05) is 25.0 Å². The van der Waals surface area contributed by atoms with Crippen molar-refractivity contribution in [1.82, 2.24) is 0 Å². The van der Waals surface area contributed by atoms with Gasteiger partial charge < -0.3 is 30.4 Å². The Morgan fingerprint density at radius 1 is 0.795 bits per heavy atom. The van der Waals surface area contributed by atoms with Gasteiger partial charge in [-0.15, -0.1) is 0 Å². The maximum absolute atomic E-state index is 14.7. The van der Waals surface area contributed by atoms with E-state index in [4.69, 9.17) is 35.7 Å². The van der Waals surface area contributed by atoms with Crippen LogP contribution in [-0.4, -0.2) is 31.8 Å². The van der Waals surface area contributed by atoms with Gasteiger partial charge in [0.05, 0.1) is 37.0 Å². The lowest BCUT2D eigenvalue weighted by atomic mass is 10.1. The molecule has 0 saturated carbocycles. The van der Waals surface area contributed by atoms with Gasteiger partial charge in [-0.3, -0.25) is 0 Å². The molecule has 0 atom stereocenters. The number of nitrogens with zero attached hydrogens (tertiary/aromatic N) is 1. The number of nitrogens with two attached hydrogens (primary N) is 2. The molecular weight excluding hydrogens is 572 g/mol. The SMILES string of the molecule is N#CCCCCCCOc1ccc(C(F)(F)Oc2ccc(C=CC(=O)OCCCOC(=O)c3cc(N)cc(N)c3)cc2)cc1. The number of carbonyl (C=O) groups is 2. The fraction of sp³-hybridized carbons (Fsp3) is 0.303. The first-order valence-electron chi connectivity index (χ1n) is 14.1. The highest BCUT2D eigenvalue weighted by Crippen LogP contribution is 2.32. The van der Waals surface area contributed by atoms with E-state index in [2.05, 4.69) is 6.07 Å². The molecule has 0 amide bonds. The summed E-state index contributed by atoms with van der Waals surface area (Å²) in [7, 11) is 0. The van der Waals surface area contributed by atoms with Crippen molar-refractivity contribution in [2.45, 2.75) is 44.6 Å². The molecule has 4 N–H and O–H groups in total. The predicted octanol–water partition coefficient (Wildman–Crippen LogP) is 6.64. The molecule has 0 aliphatic rings. The quantitative estimate of drug-likeness (QED) is 0.0746. The number of benzene rings is 3. The molecule has 3 aromatic carbocycles. The Kier molecular flexibility index (Phi) is 13.0. The number of ether oxygens (including phenoxy) is 4. The number of carbonyl (C=O) groups excluding carboxylic acids is 2. The molecule has 0 fully saturated rings. The van der Waals surface area contributed by atoms with E-state index in [1.54, 1.807) is 0 Å². The molecule has 11 heteroatoms. The van der Waals surface area contributed by atoms with Gasteiger partial charge in [0.1, 0.15) is 11.5 Å². The van der Waals surface area contributed by atoms with Gasteiger partial charge >= 0.3 is 18.0 Å². The summed E-state index contributed by atoms with van der Waals surface area (Å²) < 4.78 is 50.2. The molecule has 44 heavy (non-hydrogen) atoms. The lowest BCUT2D eigenvalue weighted by molar-refractivity contribution is -0.185. The van der Waals surface area contributed by atoms with E-state index in [0.717, 1.165) is 25.7 Å². The maximum Gasteiger partial charge on any atom is 0.426 e. The average molecular weight is 608 g/mol. The third kappa shape index (κ3) is 11.6. The molecule has 0 aliphatic carbocycles. The Balaban J connectivity index is 1.36. The molecule has 0 unspecified atom stereocenters. The summed E-state index contributed by atoms with van der Waals surface area (Å²) in [4.78, 5) is 24.0. The van der Waals surface area contributed by atoms with Crippen LogP contribution in [0.15, 0.2) is 72.8 Å². The molecule has 3 rings (SSSR count). The van der Waals surface area contributed by atoms with Gasteiger partial charge in [-0.05, 0) is 79.1 Å². The number of rotatable bonds is 17. The van der Waals surface area contributed by atoms with Crippen molar-refractivity contribution in [2.24, 2.45) is 0 Å². The Morgan fingerprint density at radius 2 is 1.43 bits per heavy atom. The maximum atomic E-state index is 14.7. The number of hydrogen-bond donors (Lipinski definition) is 2. The fourth-order valence-electron chi connectivity index (χ4n) is 3.94. The Bertz CT molecular complexity index is 1420. The van der Waals surface area contributed by atoms with Gasteiger partial charge in [-0.25, -0.2) is 9.59 Å². The number of halogens is 2. The summed E-state index contributed by atoms with van der Waals surface area (Å²) in [6.45, 7) is 0.520. The summed E-state index contributed by atoms with van der Waals surface area (Å²) in [6, 6.07) is 17.8. The van der Waals surface area contributed by atoms with Crippen molar-refractivity contribution in [3.63, 3.8) is 0 Å². The van der Waals surface area contributed by atoms with Crippen molar-refractivity contribution in [3.05, 3.63) is 89.5 Å². The monoisotopic (exact) mass is 607 g/mol. The van der Waals surface area contributed by atoms with Crippen LogP contribution in [0, 0.1) is 11.3 Å². The Labute approximate surface area is 255 Å². The normalized spacial score (nSPS) is 11.1. The molecule has 0 aliphatic heterocycles. The molecular formula is C33H35F2N3O6. The van der Waals surface area contributed by atoms with E-state index in [1.807, 2.05) is 0 Å². The highest BCUT2D eigenvalue weighted by Gasteiger charge is 2.34. The van der Waals surface area contributed by atoms with Crippen LogP contribution in [0.5, 0.6) is 11.5 Å². The number of alkyl halides is 2. The average Bonchev–Trinajstić information content (AvgIpc) is 2.99. The van der Waals surface area contributed by atoms with Crippen LogP contribution in [-0.2, 0) is 20.4 Å². The summed E-state index contributed by atoms with van der Waals surface area (Å²) in [5.41, 5.74) is 12.5. The summed E-state index contributed by atoms with van der Waals surface area (Å²) in [5.74, 6) is -0.772. The van der Waals surface area contributed by atoms with Gasteiger partial charge in [0.15, 0.2) is 0 Å². The first-order valence-corrected chi connectivity index (χ1v) is 14.1. The first-order chi connectivity index (χ1) is 21.2. The van der Waals surface area contributed by atoms with Crippen molar-refractivity contribution in [3.8, 4) is 17.6 Å². The molecule has 0 spiro atoms. The zero-order valence-electron chi connectivity index (χ0n) is 24.2. The minimum absolute atomic E-state index is 0.0225. The van der Waals surface area contributed by atoms with Crippen LogP contribution in [0.1, 0.15) is 60.0 Å². The highest BCUT2D eigenvalue weighted by molar-refractivity contribution is 5.91. The standard InChI is InChI=1S/C33H35F2N3O6/c34-33(35,26-10-14-29(15-11-26)41-18-5-3-1-2-4-17-36)44-30-12-7-24(8-13-30)9-16-31(39)42-19-6-20-43-32(40)25-21-27(37)23-28(38)22-25/h7-16,21-23H,1-6,18-20,37-38H2. The molecule has 0 saturated heterocycles. The third-order valence-corrected chi connectivity index (χ3v) is 6.16. The molecule has 0 aromatic heterocycles. The highest BCUT2D eigenvalue weighted by atomic mass is 19.3. The summed E-state index contributed by atoms with van der Waals surface area (Å²) in [5, 5.41) is 8.53. The van der Waals surface area contributed by atoms with Gasteiger partial charge in [0.2, 0.25) is 0 Å². The molecule has 9 nitrogen and oxygen atoms in total. The van der Waals surface area contributed by atoms with Crippen LogP contribution in [0.2, 0.25) is 0 Å². The smallest absolute Gasteiger partial charge is 0.426 e. The van der Waals surface area contributed by atoms with E-state index >= 15 is 0 Å². The third-order valence-electron chi connectivity index (χ3n) is 6.16. The second-order valence-corrected chi connectivity index (χ2v) is 9.76. The second kappa shape index (κ2) is 17.1. The molecule has 0 bridgehead atoms. The summed E-state index contributed by atoms with van der Waals surface area (Å²) >= 11 is 0. The van der Waals surface area contributed by atoms with Gasteiger partial charge in [-0.2, -0.15) is 14.0 Å². The number of nitriles is 1. The number of hydrogen-bond acceptors (Lipinski definition) is 9. The minimum Gasteiger partial charge on any atom is -0.494 e. The van der Waals surface area contributed by atoms with E-state index in [1.165, 1.54) is 78.9 Å². The van der Waals surface area contributed by atoms with E-state index in [9.17, 15) is 18.4 Å².